The zero-order chi connectivity index (χ0) is 21.5. The van der Waals surface area contributed by atoms with E-state index in [0.29, 0.717) is 55.2 Å². The Hall–Kier alpha value is -2.97. The number of aryl methyl sites for hydroxylation is 1. The van der Waals surface area contributed by atoms with Gasteiger partial charge in [-0.25, -0.2) is 4.98 Å². The van der Waals surface area contributed by atoms with Crippen LogP contribution in [0.5, 0.6) is 0 Å². The second-order valence-corrected chi connectivity index (χ2v) is 8.84. The van der Waals surface area contributed by atoms with E-state index in [2.05, 4.69) is 10.1 Å². The molecule has 2 aromatic heterocycles. The van der Waals surface area contributed by atoms with Crippen molar-refractivity contribution < 1.29 is 9.59 Å². The number of amides is 2. The van der Waals surface area contributed by atoms with Crippen LogP contribution in [-0.4, -0.2) is 61.0 Å². The fourth-order valence-electron chi connectivity index (χ4n) is 4.75. The monoisotopic (exact) mass is 424 g/mol. The molecular weight excluding hydrogens is 396 g/mol. The number of fused-ring (bicyclic) bond motifs is 1. The lowest BCUT2D eigenvalue weighted by atomic mass is 9.84. The Morgan fingerprint density at radius 3 is 2.74 bits per heavy atom. The maximum absolute atomic E-state index is 12.8. The quantitative estimate of drug-likeness (QED) is 0.797. The molecule has 1 saturated carbocycles. The van der Waals surface area contributed by atoms with Crippen molar-refractivity contribution in [3.8, 4) is 0 Å². The van der Waals surface area contributed by atoms with Crippen LogP contribution in [0.15, 0.2) is 17.2 Å². The van der Waals surface area contributed by atoms with Gasteiger partial charge in [-0.1, -0.05) is 6.42 Å². The molecule has 9 nitrogen and oxygen atoms in total. The summed E-state index contributed by atoms with van der Waals surface area (Å²) in [5.74, 6) is 0.919. The molecule has 2 amide bonds. The summed E-state index contributed by atoms with van der Waals surface area (Å²) in [6, 6.07) is 0. The first-order valence-corrected chi connectivity index (χ1v) is 11.3. The molecule has 0 aromatic carbocycles. The van der Waals surface area contributed by atoms with Gasteiger partial charge in [-0.2, -0.15) is 5.10 Å². The first-order chi connectivity index (χ1) is 15.0. The van der Waals surface area contributed by atoms with Crippen LogP contribution >= 0.6 is 0 Å². The lowest BCUT2D eigenvalue weighted by molar-refractivity contribution is -0.139. The molecule has 0 spiro atoms. The van der Waals surface area contributed by atoms with Crippen molar-refractivity contribution in [1.82, 2.24) is 29.5 Å². The first-order valence-electron chi connectivity index (χ1n) is 11.3. The minimum atomic E-state index is -0.107. The van der Waals surface area contributed by atoms with Crippen molar-refractivity contribution >= 4 is 11.8 Å². The number of hydrogen-bond donors (Lipinski definition) is 1. The highest BCUT2D eigenvalue weighted by atomic mass is 16.2. The van der Waals surface area contributed by atoms with Crippen molar-refractivity contribution in [2.75, 3.05) is 19.6 Å². The molecule has 2 aromatic rings. The summed E-state index contributed by atoms with van der Waals surface area (Å²) in [5, 5.41) is 4.19. The lowest BCUT2D eigenvalue weighted by Gasteiger charge is -2.34. The Balaban J connectivity index is 1.31. The van der Waals surface area contributed by atoms with Crippen molar-refractivity contribution in [1.29, 1.82) is 0 Å². The van der Waals surface area contributed by atoms with Crippen molar-refractivity contribution in [3.63, 3.8) is 0 Å². The molecular formula is C22H28N6O3. The summed E-state index contributed by atoms with van der Waals surface area (Å²) in [6.45, 7) is 4.83. The molecule has 31 heavy (non-hydrogen) atoms. The van der Waals surface area contributed by atoms with Crippen LogP contribution in [0.4, 0.5) is 0 Å². The van der Waals surface area contributed by atoms with E-state index in [1.54, 1.807) is 22.0 Å². The van der Waals surface area contributed by atoms with Gasteiger partial charge in [0.1, 0.15) is 5.82 Å². The minimum absolute atomic E-state index is 0.0131. The summed E-state index contributed by atoms with van der Waals surface area (Å²) < 4.78 is 1.74. The maximum atomic E-state index is 12.8. The van der Waals surface area contributed by atoms with Gasteiger partial charge in [0.05, 0.1) is 24.0 Å². The van der Waals surface area contributed by atoms with Gasteiger partial charge >= 0.3 is 0 Å². The van der Waals surface area contributed by atoms with E-state index >= 15 is 0 Å². The molecule has 0 radical (unpaired) electrons. The largest absolute Gasteiger partial charge is 0.338 e. The van der Waals surface area contributed by atoms with Gasteiger partial charge in [-0.05, 0) is 32.6 Å². The Labute approximate surface area is 180 Å². The van der Waals surface area contributed by atoms with E-state index in [9.17, 15) is 14.4 Å². The number of H-pyrrole nitrogens is 1. The molecule has 1 aliphatic carbocycles. The molecule has 5 rings (SSSR count). The fraction of sp³-hybridized carbons (Fsp3) is 0.591. The Morgan fingerprint density at radius 2 is 2.03 bits per heavy atom. The first kappa shape index (κ1) is 20.0. The average molecular weight is 425 g/mol. The summed E-state index contributed by atoms with van der Waals surface area (Å²) in [7, 11) is 0. The number of rotatable bonds is 4. The molecule has 0 unspecified atom stereocenters. The highest BCUT2D eigenvalue weighted by molar-refractivity contribution is 5.94. The maximum Gasteiger partial charge on any atom is 0.257 e. The van der Waals surface area contributed by atoms with Gasteiger partial charge < -0.3 is 14.8 Å². The van der Waals surface area contributed by atoms with Crippen molar-refractivity contribution in [2.45, 2.75) is 58.0 Å². The highest BCUT2D eigenvalue weighted by Gasteiger charge is 2.34. The number of nitrogens with one attached hydrogen (secondary N) is 1. The van der Waals surface area contributed by atoms with Crippen LogP contribution in [0, 0.1) is 5.92 Å². The Bertz CT molecular complexity index is 1070. The average Bonchev–Trinajstić information content (AvgIpc) is 3.41. The van der Waals surface area contributed by atoms with Crippen LogP contribution in [0.3, 0.4) is 0 Å². The van der Waals surface area contributed by atoms with Crippen molar-refractivity contribution in [2.24, 2.45) is 5.92 Å². The van der Waals surface area contributed by atoms with Crippen molar-refractivity contribution in [3.05, 3.63) is 45.4 Å². The standard InChI is InChI=1S/C22H28N6O3/c1-2-28-12-16(10-23-28)22(31)26-8-6-15(11-26)19-24-18-13-27(21(30)14-4-3-5-14)9-7-17(18)20(29)25-19/h10,12,14-15H,2-9,11,13H2,1H3,(H,24,25,29)/t15-/m0/s1. The molecule has 4 heterocycles. The fourth-order valence-corrected chi connectivity index (χ4v) is 4.75. The van der Waals surface area contributed by atoms with Crippen LogP contribution in [0.1, 0.15) is 66.0 Å². The smallest absolute Gasteiger partial charge is 0.257 e. The molecule has 9 heteroatoms. The van der Waals surface area contributed by atoms with Crippen LogP contribution in [-0.2, 0) is 24.3 Å². The van der Waals surface area contributed by atoms with Crippen LogP contribution < -0.4 is 5.56 Å². The van der Waals surface area contributed by atoms with Crippen LogP contribution in [0.2, 0.25) is 0 Å². The molecule has 1 atom stereocenters. The third-order valence-electron chi connectivity index (χ3n) is 6.92. The number of nitrogens with zero attached hydrogens (tertiary/aromatic N) is 5. The van der Waals surface area contributed by atoms with E-state index < -0.39 is 0 Å². The zero-order valence-electron chi connectivity index (χ0n) is 17.8. The predicted molar refractivity (Wildman–Crippen MR) is 112 cm³/mol. The third-order valence-corrected chi connectivity index (χ3v) is 6.92. The number of carbonyl (C=O) groups is 2. The summed E-state index contributed by atoms with van der Waals surface area (Å²) in [6.07, 6.45) is 7.74. The normalized spacial score (nSPS) is 21.1. The SMILES string of the molecule is CCn1cc(C(=O)N2CC[C@H](c3nc4c(c(=O)[nH]3)CCN(C(=O)C3CCC3)C4)C2)cn1. The van der Waals surface area contributed by atoms with E-state index in [1.807, 2.05) is 11.8 Å². The summed E-state index contributed by atoms with van der Waals surface area (Å²) in [4.78, 5) is 49.5. The van der Waals surface area contributed by atoms with E-state index in [-0.39, 0.29) is 29.2 Å². The molecule has 1 saturated heterocycles. The summed E-state index contributed by atoms with van der Waals surface area (Å²) in [5.41, 5.74) is 1.88. The van der Waals surface area contributed by atoms with Gasteiger partial charge in [0.25, 0.3) is 11.5 Å². The van der Waals surface area contributed by atoms with E-state index in [4.69, 9.17) is 4.98 Å². The van der Waals surface area contributed by atoms with E-state index in [1.165, 1.54) is 0 Å². The van der Waals surface area contributed by atoms with Gasteiger partial charge in [0.2, 0.25) is 5.91 Å². The zero-order valence-corrected chi connectivity index (χ0v) is 17.8. The number of hydrogen-bond acceptors (Lipinski definition) is 5. The minimum Gasteiger partial charge on any atom is -0.338 e. The topological polar surface area (TPSA) is 104 Å². The predicted octanol–water partition coefficient (Wildman–Crippen LogP) is 1.30. The van der Waals surface area contributed by atoms with Gasteiger partial charge in [-0.3, -0.25) is 19.1 Å². The Morgan fingerprint density at radius 1 is 1.19 bits per heavy atom. The van der Waals surface area contributed by atoms with Gasteiger partial charge in [-0.15, -0.1) is 0 Å². The molecule has 2 aliphatic heterocycles. The molecule has 2 fully saturated rings. The van der Waals surface area contributed by atoms with Gasteiger partial charge in [0, 0.05) is 49.8 Å². The molecule has 164 valence electrons. The number of carbonyl (C=O) groups excluding carboxylic acids is 2. The number of aromatic amines is 1. The molecule has 3 aliphatic rings. The highest BCUT2D eigenvalue weighted by Crippen LogP contribution is 2.30. The molecule has 0 bridgehead atoms. The van der Waals surface area contributed by atoms with E-state index in [0.717, 1.165) is 32.2 Å². The third kappa shape index (κ3) is 3.66. The molecule has 1 N–H and O–H groups in total. The summed E-state index contributed by atoms with van der Waals surface area (Å²) >= 11 is 0. The van der Waals surface area contributed by atoms with Gasteiger partial charge in [0.15, 0.2) is 0 Å². The number of likely N-dealkylation sites (tertiary alicyclic amines) is 1. The lowest BCUT2D eigenvalue weighted by Crippen LogP contribution is -2.43. The second kappa shape index (κ2) is 7.94. The Kier molecular flexibility index (Phi) is 5.11. The van der Waals surface area contributed by atoms with Crippen LogP contribution in [0.25, 0.3) is 0 Å². The number of aromatic nitrogens is 4. The second-order valence-electron chi connectivity index (χ2n) is 8.84.